The third-order valence-corrected chi connectivity index (χ3v) is 6.49. The number of halogens is 1. The number of aromatic nitrogens is 2. The topological polar surface area (TPSA) is 117 Å². The second-order valence-electron chi connectivity index (χ2n) is 8.34. The van der Waals surface area contributed by atoms with E-state index in [2.05, 4.69) is 20.8 Å². The van der Waals surface area contributed by atoms with Crippen LogP contribution in [0.2, 0.25) is 5.02 Å². The Kier molecular flexibility index (Phi) is 6.93. The molecule has 1 aromatic heterocycles. The number of hydrogen-bond donors (Lipinski definition) is 3. The molecule has 1 heterocycles. The first-order valence-corrected chi connectivity index (χ1v) is 11.3. The SMILES string of the molecule is Cc1c(Cl)cccc1Nc1nnc(C(=O)Nc2ccc(C3CCC(CC(=O)O)CC3)cc2)o1. The van der Waals surface area contributed by atoms with Gasteiger partial charge >= 0.3 is 23.8 Å². The van der Waals surface area contributed by atoms with E-state index in [0.29, 0.717) is 22.3 Å². The van der Waals surface area contributed by atoms with E-state index >= 15 is 0 Å². The van der Waals surface area contributed by atoms with Gasteiger partial charge in [-0.3, -0.25) is 9.59 Å². The number of nitrogens with zero attached hydrogens (tertiary/aromatic N) is 2. The van der Waals surface area contributed by atoms with E-state index in [1.807, 2.05) is 37.3 Å². The van der Waals surface area contributed by atoms with Crippen molar-refractivity contribution in [2.75, 3.05) is 10.6 Å². The molecule has 8 nitrogen and oxygen atoms in total. The highest BCUT2D eigenvalue weighted by Crippen LogP contribution is 2.37. The summed E-state index contributed by atoms with van der Waals surface area (Å²) in [5, 5.41) is 23.0. The molecule has 0 spiro atoms. The van der Waals surface area contributed by atoms with Gasteiger partial charge in [0, 0.05) is 22.8 Å². The van der Waals surface area contributed by atoms with Crippen LogP contribution in [0.15, 0.2) is 46.9 Å². The highest BCUT2D eigenvalue weighted by molar-refractivity contribution is 6.31. The van der Waals surface area contributed by atoms with Crippen molar-refractivity contribution < 1.29 is 19.1 Å². The minimum Gasteiger partial charge on any atom is -0.481 e. The molecule has 0 atom stereocenters. The quantitative estimate of drug-likeness (QED) is 0.402. The molecular weight excluding hydrogens is 444 g/mol. The standard InChI is InChI=1S/C24H25ClN4O4/c1-14-19(25)3-2-4-20(14)27-24-29-28-23(33-24)22(32)26-18-11-9-17(10-12-18)16-7-5-15(6-8-16)13-21(30)31/h2-4,9-12,15-16H,5-8,13H2,1H3,(H,26,32)(H,27,29)(H,30,31). The molecule has 33 heavy (non-hydrogen) atoms. The van der Waals surface area contributed by atoms with E-state index in [4.69, 9.17) is 21.1 Å². The number of aliphatic carboxylic acids is 1. The number of carbonyl (C=O) groups is 2. The average molecular weight is 469 g/mol. The number of nitrogens with one attached hydrogen (secondary N) is 2. The Labute approximate surface area is 196 Å². The van der Waals surface area contributed by atoms with Gasteiger partial charge in [-0.25, -0.2) is 0 Å². The van der Waals surface area contributed by atoms with Crippen LogP contribution >= 0.6 is 11.6 Å². The summed E-state index contributed by atoms with van der Waals surface area (Å²) in [4.78, 5) is 23.4. The van der Waals surface area contributed by atoms with Gasteiger partial charge in [0.2, 0.25) is 0 Å². The van der Waals surface area contributed by atoms with Gasteiger partial charge in [0.15, 0.2) is 0 Å². The molecule has 0 unspecified atom stereocenters. The summed E-state index contributed by atoms with van der Waals surface area (Å²) in [7, 11) is 0. The van der Waals surface area contributed by atoms with Gasteiger partial charge < -0.3 is 20.2 Å². The van der Waals surface area contributed by atoms with E-state index < -0.39 is 11.9 Å². The third kappa shape index (κ3) is 5.70. The summed E-state index contributed by atoms with van der Waals surface area (Å²) in [6.07, 6.45) is 4.07. The Bertz CT molecular complexity index is 1140. The molecular formula is C24H25ClN4O4. The zero-order chi connectivity index (χ0) is 23.4. The summed E-state index contributed by atoms with van der Waals surface area (Å²) in [6.45, 7) is 1.86. The van der Waals surface area contributed by atoms with Gasteiger partial charge in [-0.1, -0.05) is 34.9 Å². The van der Waals surface area contributed by atoms with E-state index in [0.717, 1.165) is 31.2 Å². The van der Waals surface area contributed by atoms with Crippen molar-refractivity contribution in [1.82, 2.24) is 10.2 Å². The summed E-state index contributed by atoms with van der Waals surface area (Å²) in [5.41, 5.74) is 3.37. The predicted molar refractivity (Wildman–Crippen MR) is 125 cm³/mol. The lowest BCUT2D eigenvalue weighted by Crippen LogP contribution is -2.16. The van der Waals surface area contributed by atoms with Crippen molar-refractivity contribution in [3.63, 3.8) is 0 Å². The summed E-state index contributed by atoms with van der Waals surface area (Å²) in [5.74, 6) is -0.686. The Hall–Kier alpha value is -3.39. The molecule has 1 aliphatic rings. The number of rotatable bonds is 7. The molecule has 2 aromatic carbocycles. The van der Waals surface area contributed by atoms with Crippen molar-refractivity contribution in [3.8, 4) is 0 Å². The Morgan fingerprint density at radius 1 is 1.09 bits per heavy atom. The van der Waals surface area contributed by atoms with Gasteiger partial charge in [0.1, 0.15) is 0 Å². The lowest BCUT2D eigenvalue weighted by molar-refractivity contribution is -0.138. The maximum Gasteiger partial charge on any atom is 0.320 e. The first kappa shape index (κ1) is 22.8. The fourth-order valence-corrected chi connectivity index (χ4v) is 4.37. The van der Waals surface area contributed by atoms with Crippen LogP contribution in [0.1, 0.15) is 59.8 Å². The molecule has 1 saturated carbocycles. The van der Waals surface area contributed by atoms with Crippen molar-refractivity contribution in [3.05, 3.63) is 64.5 Å². The minimum absolute atomic E-state index is 0.0966. The largest absolute Gasteiger partial charge is 0.481 e. The number of benzene rings is 2. The maximum atomic E-state index is 12.5. The number of carboxylic acid groups (broad SMARTS) is 1. The highest BCUT2D eigenvalue weighted by Gasteiger charge is 2.24. The molecule has 1 fully saturated rings. The number of amides is 1. The molecule has 1 amide bonds. The van der Waals surface area contributed by atoms with Crippen LogP contribution in [0.25, 0.3) is 0 Å². The second kappa shape index (κ2) is 10.0. The van der Waals surface area contributed by atoms with Crippen molar-refractivity contribution in [2.24, 2.45) is 5.92 Å². The normalized spacial score (nSPS) is 18.0. The zero-order valence-corrected chi connectivity index (χ0v) is 18.9. The first-order chi connectivity index (χ1) is 15.9. The molecule has 1 aliphatic carbocycles. The Morgan fingerprint density at radius 2 is 1.82 bits per heavy atom. The van der Waals surface area contributed by atoms with E-state index in [1.54, 1.807) is 12.1 Å². The summed E-state index contributed by atoms with van der Waals surface area (Å²) in [6, 6.07) is 13.2. The second-order valence-corrected chi connectivity index (χ2v) is 8.75. The van der Waals surface area contributed by atoms with Crippen molar-refractivity contribution in [2.45, 2.75) is 44.9 Å². The third-order valence-electron chi connectivity index (χ3n) is 6.08. The number of hydrogen-bond acceptors (Lipinski definition) is 6. The van der Waals surface area contributed by atoms with Crippen LogP contribution < -0.4 is 10.6 Å². The summed E-state index contributed by atoms with van der Waals surface area (Å²) >= 11 is 6.12. The molecule has 9 heteroatoms. The maximum absolute atomic E-state index is 12.5. The minimum atomic E-state index is -0.720. The van der Waals surface area contributed by atoms with Crippen LogP contribution in [-0.4, -0.2) is 27.2 Å². The summed E-state index contributed by atoms with van der Waals surface area (Å²) < 4.78 is 5.44. The predicted octanol–water partition coefficient (Wildman–Crippen LogP) is 5.78. The van der Waals surface area contributed by atoms with Crippen molar-refractivity contribution in [1.29, 1.82) is 0 Å². The van der Waals surface area contributed by atoms with E-state index in [-0.39, 0.29) is 24.2 Å². The van der Waals surface area contributed by atoms with Gasteiger partial charge in [0.05, 0.1) is 0 Å². The fourth-order valence-electron chi connectivity index (χ4n) is 4.19. The fraction of sp³-hybridized carbons (Fsp3) is 0.333. The average Bonchev–Trinajstić information content (AvgIpc) is 3.26. The van der Waals surface area contributed by atoms with Gasteiger partial charge in [-0.2, -0.15) is 0 Å². The zero-order valence-electron chi connectivity index (χ0n) is 18.2. The van der Waals surface area contributed by atoms with Gasteiger partial charge in [0.25, 0.3) is 0 Å². The molecule has 172 valence electrons. The molecule has 3 N–H and O–H groups in total. The molecule has 3 aromatic rings. The lowest BCUT2D eigenvalue weighted by Gasteiger charge is -2.28. The number of carboxylic acids is 1. The number of anilines is 3. The molecule has 4 rings (SSSR count). The van der Waals surface area contributed by atoms with Crippen molar-refractivity contribution >= 4 is 40.9 Å². The highest BCUT2D eigenvalue weighted by atomic mass is 35.5. The number of carbonyl (C=O) groups excluding carboxylic acids is 1. The van der Waals surface area contributed by atoms with E-state index in [9.17, 15) is 9.59 Å². The van der Waals surface area contributed by atoms with Crippen LogP contribution in [0.5, 0.6) is 0 Å². The van der Waals surface area contributed by atoms with Crippen LogP contribution in [0.4, 0.5) is 17.4 Å². The monoisotopic (exact) mass is 468 g/mol. The van der Waals surface area contributed by atoms with Crippen LogP contribution in [0.3, 0.4) is 0 Å². The molecule has 0 aliphatic heterocycles. The van der Waals surface area contributed by atoms with Gasteiger partial charge in [-0.15, -0.1) is 5.10 Å². The lowest BCUT2D eigenvalue weighted by atomic mass is 9.77. The Morgan fingerprint density at radius 3 is 2.52 bits per heavy atom. The van der Waals surface area contributed by atoms with Gasteiger partial charge in [-0.05, 0) is 79.8 Å². The van der Waals surface area contributed by atoms with E-state index in [1.165, 1.54) is 5.56 Å². The van der Waals surface area contributed by atoms with Crippen LogP contribution in [-0.2, 0) is 4.79 Å². The molecule has 0 radical (unpaired) electrons. The smallest absolute Gasteiger partial charge is 0.320 e. The first-order valence-electron chi connectivity index (χ1n) is 10.9. The Balaban J connectivity index is 1.33. The molecule has 0 bridgehead atoms. The molecule has 0 saturated heterocycles. The van der Waals surface area contributed by atoms with Crippen LogP contribution in [0, 0.1) is 12.8 Å².